The van der Waals surface area contributed by atoms with E-state index >= 15 is 0 Å². The Labute approximate surface area is 156 Å². The van der Waals surface area contributed by atoms with E-state index in [-0.39, 0.29) is 11.9 Å². The Bertz CT molecular complexity index is 561. The van der Waals surface area contributed by atoms with Crippen molar-refractivity contribution in [2.45, 2.75) is 39.7 Å². The van der Waals surface area contributed by atoms with Gasteiger partial charge in [0.15, 0.2) is 5.96 Å². The molecule has 0 radical (unpaired) electrons. The molecule has 0 atom stereocenters. The molecule has 0 saturated heterocycles. The van der Waals surface area contributed by atoms with E-state index in [9.17, 15) is 4.79 Å². The van der Waals surface area contributed by atoms with Crippen LogP contribution in [-0.2, 0) is 9.53 Å². The van der Waals surface area contributed by atoms with Crippen molar-refractivity contribution in [1.29, 1.82) is 0 Å². The zero-order chi connectivity index (χ0) is 19.2. The van der Waals surface area contributed by atoms with Crippen molar-refractivity contribution in [3.63, 3.8) is 0 Å². The van der Waals surface area contributed by atoms with E-state index in [2.05, 4.69) is 20.9 Å². The highest BCUT2D eigenvalue weighted by Crippen LogP contribution is 2.17. The third-order valence-electron chi connectivity index (χ3n) is 3.26. The molecular formula is C19H32N4O3. The number of nitrogens with zero attached hydrogens (tertiary/aromatic N) is 1. The molecule has 0 saturated carbocycles. The molecule has 7 heteroatoms. The van der Waals surface area contributed by atoms with Crippen molar-refractivity contribution < 1.29 is 14.3 Å². The molecule has 0 aliphatic heterocycles. The number of hydrogen-bond acceptors (Lipinski definition) is 4. The normalized spacial score (nSPS) is 11.3. The zero-order valence-electron chi connectivity index (χ0n) is 16.3. The number of benzene rings is 1. The van der Waals surface area contributed by atoms with Crippen molar-refractivity contribution in [2.75, 3.05) is 38.7 Å². The summed E-state index contributed by atoms with van der Waals surface area (Å²) in [6.07, 6.45) is 1.20. The topological polar surface area (TPSA) is 84.0 Å². The van der Waals surface area contributed by atoms with Crippen LogP contribution in [0.2, 0.25) is 0 Å². The number of ether oxygens (including phenoxy) is 2. The van der Waals surface area contributed by atoms with Gasteiger partial charge in [0.05, 0.1) is 13.2 Å². The fourth-order valence-corrected chi connectivity index (χ4v) is 2.16. The molecule has 0 aliphatic rings. The number of hydrogen-bond donors (Lipinski definition) is 3. The van der Waals surface area contributed by atoms with Crippen LogP contribution in [0.3, 0.4) is 0 Å². The van der Waals surface area contributed by atoms with Crippen LogP contribution in [0.4, 0.5) is 5.69 Å². The Morgan fingerprint density at radius 3 is 2.77 bits per heavy atom. The Hall–Kier alpha value is -2.28. The fraction of sp³-hybridized carbons (Fsp3) is 0.579. The molecule has 146 valence electrons. The van der Waals surface area contributed by atoms with Gasteiger partial charge in [-0.3, -0.25) is 9.79 Å². The van der Waals surface area contributed by atoms with E-state index in [1.807, 2.05) is 45.0 Å². The molecule has 0 unspecified atom stereocenters. The van der Waals surface area contributed by atoms with Gasteiger partial charge in [0.2, 0.25) is 5.91 Å². The second kappa shape index (κ2) is 13.0. The predicted octanol–water partition coefficient (Wildman–Crippen LogP) is 2.39. The van der Waals surface area contributed by atoms with Gasteiger partial charge < -0.3 is 25.4 Å². The number of amides is 1. The summed E-state index contributed by atoms with van der Waals surface area (Å²) >= 11 is 0. The van der Waals surface area contributed by atoms with E-state index in [1.165, 1.54) is 0 Å². The molecule has 0 aliphatic carbocycles. The Morgan fingerprint density at radius 1 is 1.27 bits per heavy atom. The third-order valence-corrected chi connectivity index (χ3v) is 3.26. The van der Waals surface area contributed by atoms with Gasteiger partial charge in [-0.15, -0.1) is 0 Å². The van der Waals surface area contributed by atoms with Gasteiger partial charge in [0.25, 0.3) is 0 Å². The second-order valence-electron chi connectivity index (χ2n) is 6.08. The summed E-state index contributed by atoms with van der Waals surface area (Å²) < 4.78 is 10.7. The van der Waals surface area contributed by atoms with E-state index in [0.717, 1.165) is 24.4 Å². The highest BCUT2D eigenvalue weighted by molar-refractivity contribution is 5.93. The average Bonchev–Trinajstić information content (AvgIpc) is 2.58. The second-order valence-corrected chi connectivity index (χ2v) is 6.08. The lowest BCUT2D eigenvalue weighted by molar-refractivity contribution is -0.121. The SMILES string of the molecule is CCNC(=NCCC(=O)NC(C)C)Nc1cccc(OCCCOC)c1. The van der Waals surface area contributed by atoms with Gasteiger partial charge in [-0.05, 0) is 32.9 Å². The van der Waals surface area contributed by atoms with Crippen LogP contribution < -0.4 is 20.7 Å². The maximum Gasteiger partial charge on any atom is 0.222 e. The Balaban J connectivity index is 2.57. The molecule has 0 aromatic heterocycles. The summed E-state index contributed by atoms with van der Waals surface area (Å²) in [5, 5.41) is 9.27. The van der Waals surface area contributed by atoms with Crippen molar-refractivity contribution in [1.82, 2.24) is 10.6 Å². The summed E-state index contributed by atoms with van der Waals surface area (Å²) in [4.78, 5) is 16.1. The van der Waals surface area contributed by atoms with Gasteiger partial charge in [-0.25, -0.2) is 0 Å². The van der Waals surface area contributed by atoms with Crippen molar-refractivity contribution in [3.05, 3.63) is 24.3 Å². The van der Waals surface area contributed by atoms with Crippen LogP contribution in [0, 0.1) is 0 Å². The lowest BCUT2D eigenvalue weighted by atomic mass is 10.3. The van der Waals surface area contributed by atoms with Crippen molar-refractivity contribution >= 4 is 17.6 Å². The lowest BCUT2D eigenvalue weighted by Crippen LogP contribution is -2.32. The number of anilines is 1. The summed E-state index contributed by atoms with van der Waals surface area (Å²) in [6, 6.07) is 7.85. The van der Waals surface area contributed by atoms with Crippen LogP contribution in [0.1, 0.15) is 33.6 Å². The molecular weight excluding hydrogens is 332 g/mol. The predicted molar refractivity (Wildman–Crippen MR) is 106 cm³/mol. The molecule has 26 heavy (non-hydrogen) atoms. The molecule has 0 fully saturated rings. The number of carbonyl (C=O) groups excluding carboxylic acids is 1. The number of rotatable bonds is 11. The minimum Gasteiger partial charge on any atom is -0.493 e. The minimum atomic E-state index is 0.00561. The third kappa shape index (κ3) is 9.88. The number of carbonyl (C=O) groups is 1. The zero-order valence-corrected chi connectivity index (χ0v) is 16.3. The van der Waals surface area contributed by atoms with E-state index in [1.54, 1.807) is 7.11 Å². The van der Waals surface area contributed by atoms with E-state index in [0.29, 0.717) is 32.1 Å². The molecule has 7 nitrogen and oxygen atoms in total. The number of nitrogens with one attached hydrogen (secondary N) is 3. The quantitative estimate of drug-likeness (QED) is 0.319. The van der Waals surface area contributed by atoms with Crippen LogP contribution in [0.25, 0.3) is 0 Å². The highest BCUT2D eigenvalue weighted by atomic mass is 16.5. The molecule has 0 heterocycles. The molecule has 1 rings (SSSR count). The van der Waals surface area contributed by atoms with Gasteiger partial charge in [0, 0.05) is 50.9 Å². The minimum absolute atomic E-state index is 0.00561. The van der Waals surface area contributed by atoms with E-state index < -0.39 is 0 Å². The average molecular weight is 364 g/mol. The van der Waals surface area contributed by atoms with Gasteiger partial charge >= 0.3 is 0 Å². The summed E-state index contributed by atoms with van der Waals surface area (Å²) in [5.74, 6) is 1.44. The lowest BCUT2D eigenvalue weighted by Gasteiger charge is -2.13. The summed E-state index contributed by atoms with van der Waals surface area (Å²) in [6.45, 7) is 8.32. The van der Waals surface area contributed by atoms with Crippen molar-refractivity contribution in [2.24, 2.45) is 4.99 Å². The molecule has 1 amide bonds. The first-order chi connectivity index (χ1) is 12.5. The van der Waals surface area contributed by atoms with Crippen LogP contribution >= 0.6 is 0 Å². The maximum atomic E-state index is 11.7. The first-order valence-corrected chi connectivity index (χ1v) is 9.11. The molecule has 1 aromatic rings. The number of methoxy groups -OCH3 is 1. The molecule has 3 N–H and O–H groups in total. The highest BCUT2D eigenvalue weighted by Gasteiger charge is 2.04. The van der Waals surface area contributed by atoms with Crippen LogP contribution in [0.15, 0.2) is 29.3 Å². The largest absolute Gasteiger partial charge is 0.493 e. The molecule has 1 aromatic carbocycles. The maximum absolute atomic E-state index is 11.7. The Kier molecular flexibility index (Phi) is 10.9. The van der Waals surface area contributed by atoms with Gasteiger partial charge in [-0.1, -0.05) is 6.07 Å². The standard InChI is InChI=1S/C19H32N4O3/c1-5-20-19(21-11-10-18(24)22-15(2)3)23-16-8-6-9-17(14-16)26-13-7-12-25-4/h6,8-9,14-15H,5,7,10-13H2,1-4H3,(H,22,24)(H2,20,21,23). The molecule has 0 bridgehead atoms. The fourth-order valence-electron chi connectivity index (χ4n) is 2.16. The van der Waals surface area contributed by atoms with Gasteiger partial charge in [-0.2, -0.15) is 0 Å². The smallest absolute Gasteiger partial charge is 0.222 e. The number of guanidine groups is 1. The first-order valence-electron chi connectivity index (χ1n) is 9.11. The van der Waals surface area contributed by atoms with Crippen LogP contribution in [-0.4, -0.2) is 51.3 Å². The monoisotopic (exact) mass is 364 g/mol. The Morgan fingerprint density at radius 2 is 2.08 bits per heavy atom. The van der Waals surface area contributed by atoms with Crippen molar-refractivity contribution in [3.8, 4) is 5.75 Å². The molecule has 0 spiro atoms. The number of aliphatic imine (C=N–C) groups is 1. The summed E-state index contributed by atoms with van der Waals surface area (Å²) in [7, 11) is 1.68. The van der Waals surface area contributed by atoms with Gasteiger partial charge in [0.1, 0.15) is 5.75 Å². The van der Waals surface area contributed by atoms with E-state index in [4.69, 9.17) is 9.47 Å². The summed E-state index contributed by atoms with van der Waals surface area (Å²) in [5.41, 5.74) is 0.876. The first kappa shape index (κ1) is 21.8. The van der Waals surface area contributed by atoms with Crippen LogP contribution in [0.5, 0.6) is 5.75 Å².